The smallest absolute Gasteiger partial charge is 0.0937 e. The molecule has 0 aromatic heterocycles. The summed E-state index contributed by atoms with van der Waals surface area (Å²) in [5, 5.41) is 0.709. The van der Waals surface area contributed by atoms with Crippen LogP contribution in [0.4, 0.5) is 0 Å². The molecule has 168 valence electrons. The van der Waals surface area contributed by atoms with E-state index in [1.54, 1.807) is 0 Å². The van der Waals surface area contributed by atoms with E-state index >= 15 is 0 Å². The van der Waals surface area contributed by atoms with Gasteiger partial charge in [0.1, 0.15) is 0 Å². The first kappa shape index (κ1) is 23.7. The van der Waals surface area contributed by atoms with Gasteiger partial charge in [-0.15, -0.1) is 23.5 Å². The maximum Gasteiger partial charge on any atom is 0.0937 e. The van der Waals surface area contributed by atoms with Gasteiger partial charge in [0.05, 0.1) is 4.08 Å². The van der Waals surface area contributed by atoms with E-state index in [9.17, 15) is 0 Å². The van der Waals surface area contributed by atoms with Crippen molar-refractivity contribution >= 4 is 23.5 Å². The van der Waals surface area contributed by atoms with E-state index in [2.05, 4.69) is 166 Å². The first-order chi connectivity index (χ1) is 16.1. The summed E-state index contributed by atoms with van der Waals surface area (Å²) in [4.78, 5) is 0. The molecule has 4 rings (SSSR count). The van der Waals surface area contributed by atoms with Crippen molar-refractivity contribution in [3.63, 3.8) is 0 Å². The van der Waals surface area contributed by atoms with Crippen molar-refractivity contribution in [2.75, 3.05) is 0 Å². The van der Waals surface area contributed by atoms with Crippen molar-refractivity contribution in [3.8, 4) is 0 Å². The molecule has 0 saturated carbocycles. The summed E-state index contributed by atoms with van der Waals surface area (Å²) in [6, 6.07) is 43.9. The van der Waals surface area contributed by atoms with Crippen LogP contribution >= 0.6 is 23.5 Å². The molecular weight excluding hydrogens is 436 g/mol. The molecule has 0 aliphatic heterocycles. The Bertz CT molecular complexity index is 1050. The molecule has 0 heterocycles. The van der Waals surface area contributed by atoms with Gasteiger partial charge in [-0.25, -0.2) is 0 Å². The largest absolute Gasteiger partial charge is 0.131 e. The highest BCUT2D eigenvalue weighted by atomic mass is 32.2. The SMILES string of the molecule is CC(SC(SC(C)c1ccccc1)(c1ccccc1)C(C)c1ccccc1)c1ccccc1. The number of rotatable bonds is 9. The van der Waals surface area contributed by atoms with Gasteiger partial charge in [0.15, 0.2) is 0 Å². The normalized spacial score (nSPS) is 15.8. The van der Waals surface area contributed by atoms with Gasteiger partial charge in [0.25, 0.3) is 0 Å². The second-order valence-electron chi connectivity index (χ2n) is 8.51. The molecule has 0 aliphatic rings. The zero-order valence-electron chi connectivity index (χ0n) is 19.6. The predicted molar refractivity (Wildman–Crippen MR) is 148 cm³/mol. The zero-order chi connectivity index (χ0) is 23.1. The lowest BCUT2D eigenvalue weighted by Crippen LogP contribution is -2.27. The molecule has 33 heavy (non-hydrogen) atoms. The molecule has 0 N–H and O–H groups in total. The quantitative estimate of drug-likeness (QED) is 0.224. The van der Waals surface area contributed by atoms with Crippen LogP contribution in [0.3, 0.4) is 0 Å². The van der Waals surface area contributed by atoms with Crippen LogP contribution < -0.4 is 0 Å². The molecule has 0 amide bonds. The van der Waals surface area contributed by atoms with E-state index in [0.29, 0.717) is 16.4 Å². The fraction of sp³-hybridized carbons (Fsp3) is 0.226. The Morgan fingerprint density at radius 2 is 0.788 bits per heavy atom. The van der Waals surface area contributed by atoms with Gasteiger partial charge in [-0.05, 0) is 36.1 Å². The average molecular weight is 469 g/mol. The second kappa shape index (κ2) is 11.1. The molecule has 0 radical (unpaired) electrons. The highest BCUT2D eigenvalue weighted by Crippen LogP contribution is 2.63. The van der Waals surface area contributed by atoms with Gasteiger partial charge in [-0.1, -0.05) is 128 Å². The van der Waals surface area contributed by atoms with Gasteiger partial charge in [-0.3, -0.25) is 0 Å². The fourth-order valence-corrected chi connectivity index (χ4v) is 8.31. The van der Waals surface area contributed by atoms with Crippen molar-refractivity contribution < 1.29 is 0 Å². The molecule has 4 aromatic carbocycles. The third kappa shape index (κ3) is 5.57. The summed E-state index contributed by atoms with van der Waals surface area (Å²) in [5.41, 5.74) is 5.50. The van der Waals surface area contributed by atoms with Crippen LogP contribution in [0.25, 0.3) is 0 Å². The molecule has 4 aromatic rings. The van der Waals surface area contributed by atoms with Crippen molar-refractivity contribution in [1.82, 2.24) is 0 Å². The lowest BCUT2D eigenvalue weighted by atomic mass is 9.92. The molecule has 0 aliphatic carbocycles. The van der Waals surface area contributed by atoms with E-state index in [1.807, 2.05) is 0 Å². The van der Waals surface area contributed by atoms with E-state index in [4.69, 9.17) is 0 Å². The van der Waals surface area contributed by atoms with E-state index < -0.39 is 0 Å². The third-order valence-corrected chi connectivity index (χ3v) is 10.00. The lowest BCUT2D eigenvalue weighted by molar-refractivity contribution is 0.685. The second-order valence-corrected chi connectivity index (χ2v) is 11.9. The summed E-state index contributed by atoms with van der Waals surface area (Å²) < 4.78 is -0.160. The minimum absolute atomic E-state index is 0.160. The average Bonchev–Trinajstić information content (AvgIpc) is 2.89. The van der Waals surface area contributed by atoms with Crippen molar-refractivity contribution in [2.24, 2.45) is 0 Å². The van der Waals surface area contributed by atoms with Crippen molar-refractivity contribution in [1.29, 1.82) is 0 Å². The Hall–Kier alpha value is -2.42. The van der Waals surface area contributed by atoms with Gasteiger partial charge in [0.2, 0.25) is 0 Å². The third-order valence-electron chi connectivity index (χ3n) is 6.29. The van der Waals surface area contributed by atoms with Crippen LogP contribution in [0.15, 0.2) is 121 Å². The van der Waals surface area contributed by atoms with Crippen LogP contribution in [0.2, 0.25) is 0 Å². The Kier molecular flexibility index (Phi) is 8.01. The van der Waals surface area contributed by atoms with Gasteiger partial charge in [0, 0.05) is 16.4 Å². The van der Waals surface area contributed by atoms with E-state index in [0.717, 1.165) is 0 Å². The molecule has 0 fully saturated rings. The summed E-state index contributed by atoms with van der Waals surface area (Å²) in [6.07, 6.45) is 0. The zero-order valence-corrected chi connectivity index (χ0v) is 21.2. The van der Waals surface area contributed by atoms with Crippen LogP contribution in [0.5, 0.6) is 0 Å². The van der Waals surface area contributed by atoms with Crippen LogP contribution in [0.1, 0.15) is 59.4 Å². The maximum atomic E-state index is 2.40. The van der Waals surface area contributed by atoms with E-state index in [1.165, 1.54) is 22.3 Å². The topological polar surface area (TPSA) is 0 Å². The Labute approximate surface area is 207 Å². The first-order valence-electron chi connectivity index (χ1n) is 11.7. The van der Waals surface area contributed by atoms with E-state index in [-0.39, 0.29) is 4.08 Å². The number of hydrogen-bond donors (Lipinski definition) is 0. The number of benzene rings is 4. The summed E-state index contributed by atoms with van der Waals surface area (Å²) in [5.74, 6) is 0.313. The monoisotopic (exact) mass is 468 g/mol. The van der Waals surface area contributed by atoms with Crippen molar-refractivity contribution in [3.05, 3.63) is 144 Å². The molecule has 0 nitrogen and oxygen atoms in total. The predicted octanol–water partition coefficient (Wildman–Crippen LogP) is 9.63. The lowest BCUT2D eigenvalue weighted by Gasteiger charge is -2.42. The summed E-state index contributed by atoms with van der Waals surface area (Å²) in [6.45, 7) is 7.10. The standard InChI is InChI=1S/C31H32S2/c1-24(27-16-8-4-9-17-27)31(30-22-14-7-15-23-30,32-25(2)28-18-10-5-11-19-28)33-26(3)29-20-12-6-13-21-29/h4-26H,1-3H3. The first-order valence-corrected chi connectivity index (χ1v) is 13.4. The van der Waals surface area contributed by atoms with Crippen LogP contribution in [-0.2, 0) is 4.08 Å². The number of hydrogen-bond acceptors (Lipinski definition) is 2. The van der Waals surface area contributed by atoms with Gasteiger partial charge < -0.3 is 0 Å². The summed E-state index contributed by atoms with van der Waals surface area (Å²) >= 11 is 4.17. The molecule has 3 unspecified atom stereocenters. The highest BCUT2D eigenvalue weighted by molar-refractivity contribution is 8.17. The number of thioether (sulfide) groups is 2. The van der Waals surface area contributed by atoms with Gasteiger partial charge in [-0.2, -0.15) is 0 Å². The fourth-order valence-electron chi connectivity index (χ4n) is 4.36. The highest BCUT2D eigenvalue weighted by Gasteiger charge is 2.43. The van der Waals surface area contributed by atoms with Crippen LogP contribution in [-0.4, -0.2) is 0 Å². The Morgan fingerprint density at radius 3 is 1.18 bits per heavy atom. The summed E-state index contributed by atoms with van der Waals surface area (Å²) in [7, 11) is 0. The molecule has 0 spiro atoms. The molecular formula is C31H32S2. The Morgan fingerprint density at radius 1 is 0.455 bits per heavy atom. The van der Waals surface area contributed by atoms with Crippen molar-refractivity contribution in [2.45, 2.75) is 41.3 Å². The molecule has 0 saturated heterocycles. The molecule has 2 heteroatoms. The van der Waals surface area contributed by atoms with Gasteiger partial charge >= 0.3 is 0 Å². The van der Waals surface area contributed by atoms with Crippen LogP contribution in [0, 0.1) is 0 Å². The maximum absolute atomic E-state index is 2.40. The molecule has 3 atom stereocenters. The minimum Gasteiger partial charge on any atom is -0.131 e. The minimum atomic E-state index is -0.160. The molecule has 0 bridgehead atoms. The Balaban J connectivity index is 1.83.